The minimum Gasteiger partial charge on any atom is -0.279 e. The van der Waals surface area contributed by atoms with Crippen LogP contribution in [0, 0.1) is 6.92 Å². The number of carbonyl (C=O) groups excluding carboxylic acids is 1. The quantitative estimate of drug-likeness (QED) is 0.852. The molecule has 1 N–H and O–H groups in total. The van der Waals surface area contributed by atoms with Crippen LogP contribution in [0.2, 0.25) is 0 Å². The molecule has 0 bridgehead atoms. The van der Waals surface area contributed by atoms with Crippen LogP contribution in [-0.4, -0.2) is 33.5 Å². The highest BCUT2D eigenvalue weighted by Crippen LogP contribution is 2.19. The lowest BCUT2D eigenvalue weighted by atomic mass is 10.2. The summed E-state index contributed by atoms with van der Waals surface area (Å²) in [5, 5.41) is 1.06. The third kappa shape index (κ3) is 3.88. The Balaban J connectivity index is 2.24. The van der Waals surface area contributed by atoms with Crippen molar-refractivity contribution in [2.75, 3.05) is 18.9 Å². The predicted molar refractivity (Wildman–Crippen MR) is 87.5 cm³/mol. The Morgan fingerprint density at radius 3 is 2.26 bits per heavy atom. The minimum absolute atomic E-state index is 0.0809. The van der Waals surface area contributed by atoms with Gasteiger partial charge in [-0.15, -0.1) is 0 Å². The van der Waals surface area contributed by atoms with Crippen LogP contribution in [0.15, 0.2) is 53.4 Å². The van der Waals surface area contributed by atoms with Gasteiger partial charge < -0.3 is 0 Å². The van der Waals surface area contributed by atoms with Gasteiger partial charge in [0.25, 0.3) is 15.9 Å². The van der Waals surface area contributed by atoms with Gasteiger partial charge in [0.1, 0.15) is 0 Å². The van der Waals surface area contributed by atoms with Gasteiger partial charge in [0.15, 0.2) is 0 Å². The topological polar surface area (TPSA) is 75.7 Å². The van der Waals surface area contributed by atoms with E-state index in [0.717, 1.165) is 10.6 Å². The van der Waals surface area contributed by atoms with Crippen LogP contribution < -0.4 is 4.72 Å². The van der Waals surface area contributed by atoms with Crippen LogP contribution in [0.5, 0.6) is 0 Å². The second kappa shape index (κ2) is 6.80. The molecule has 0 aliphatic heterocycles. The fraction of sp³-hybridized carbons (Fsp3) is 0.188. The van der Waals surface area contributed by atoms with Gasteiger partial charge in [-0.1, -0.05) is 18.2 Å². The van der Waals surface area contributed by atoms with Crippen molar-refractivity contribution in [1.82, 2.24) is 5.06 Å². The Morgan fingerprint density at radius 2 is 1.70 bits per heavy atom. The Kier molecular flexibility index (Phi) is 5.02. The number of anilines is 1. The standard InChI is InChI=1S/C16H18N2O4S/c1-12-6-4-5-7-15(12)17-23(20,21)14-10-8-13(9-11-14)16(19)18(2)22-3/h4-11,17H,1-3H3. The number of sulfonamides is 1. The van der Waals surface area contributed by atoms with Gasteiger partial charge in [-0.05, 0) is 42.8 Å². The van der Waals surface area contributed by atoms with Gasteiger partial charge in [-0.2, -0.15) is 0 Å². The molecule has 0 unspecified atom stereocenters. The summed E-state index contributed by atoms with van der Waals surface area (Å²) in [7, 11) is -0.854. The number of amides is 1. The molecule has 0 spiro atoms. The first-order valence-corrected chi connectivity index (χ1v) is 8.34. The molecule has 1 amide bonds. The predicted octanol–water partition coefficient (Wildman–Crippen LogP) is 2.43. The summed E-state index contributed by atoms with van der Waals surface area (Å²) in [6, 6.07) is 12.8. The SMILES string of the molecule is CON(C)C(=O)c1ccc(S(=O)(=O)Nc2ccccc2C)cc1. The van der Waals surface area contributed by atoms with Crippen molar-refractivity contribution in [2.45, 2.75) is 11.8 Å². The summed E-state index contributed by atoms with van der Waals surface area (Å²) in [5.41, 5.74) is 1.68. The van der Waals surface area contributed by atoms with Crippen LogP contribution in [0.3, 0.4) is 0 Å². The number of nitrogens with zero attached hydrogens (tertiary/aromatic N) is 1. The molecule has 122 valence electrons. The maximum Gasteiger partial charge on any atom is 0.277 e. The first-order chi connectivity index (χ1) is 10.8. The normalized spacial score (nSPS) is 11.1. The fourth-order valence-corrected chi connectivity index (χ4v) is 3.06. The van der Waals surface area contributed by atoms with E-state index in [1.165, 1.54) is 38.4 Å². The Hall–Kier alpha value is -2.38. The van der Waals surface area contributed by atoms with E-state index in [4.69, 9.17) is 4.84 Å². The second-order valence-electron chi connectivity index (χ2n) is 4.93. The highest BCUT2D eigenvalue weighted by atomic mass is 32.2. The number of rotatable bonds is 5. The highest BCUT2D eigenvalue weighted by Gasteiger charge is 2.17. The number of carbonyl (C=O) groups is 1. The number of hydrogen-bond donors (Lipinski definition) is 1. The zero-order valence-corrected chi connectivity index (χ0v) is 13.9. The number of hydroxylamine groups is 2. The second-order valence-corrected chi connectivity index (χ2v) is 6.61. The highest BCUT2D eigenvalue weighted by molar-refractivity contribution is 7.92. The van der Waals surface area contributed by atoms with Gasteiger partial charge in [-0.3, -0.25) is 14.4 Å². The monoisotopic (exact) mass is 334 g/mol. The fourth-order valence-electron chi connectivity index (χ4n) is 1.93. The van der Waals surface area contributed by atoms with E-state index in [2.05, 4.69) is 4.72 Å². The molecular formula is C16H18N2O4S. The van der Waals surface area contributed by atoms with Crippen molar-refractivity contribution in [1.29, 1.82) is 0 Å². The van der Waals surface area contributed by atoms with Crippen LogP contribution in [0.1, 0.15) is 15.9 Å². The molecule has 0 fully saturated rings. The maximum absolute atomic E-state index is 12.4. The number of nitrogens with one attached hydrogen (secondary N) is 1. The van der Waals surface area contributed by atoms with E-state index in [1.54, 1.807) is 12.1 Å². The van der Waals surface area contributed by atoms with Gasteiger partial charge in [0.2, 0.25) is 0 Å². The molecule has 2 aromatic carbocycles. The molecule has 0 aliphatic rings. The van der Waals surface area contributed by atoms with Gasteiger partial charge in [0.05, 0.1) is 17.7 Å². The molecule has 0 saturated carbocycles. The van der Waals surface area contributed by atoms with Crippen LogP contribution in [-0.2, 0) is 14.9 Å². The molecule has 0 saturated heterocycles. The van der Waals surface area contributed by atoms with Crippen molar-refractivity contribution < 1.29 is 18.0 Å². The lowest BCUT2D eigenvalue weighted by Crippen LogP contribution is -2.25. The summed E-state index contributed by atoms with van der Waals surface area (Å²) >= 11 is 0. The van der Waals surface area contributed by atoms with Gasteiger partial charge in [0, 0.05) is 12.6 Å². The zero-order valence-electron chi connectivity index (χ0n) is 13.1. The summed E-state index contributed by atoms with van der Waals surface area (Å²) in [6.07, 6.45) is 0. The average molecular weight is 334 g/mol. The minimum atomic E-state index is -3.71. The molecule has 0 atom stereocenters. The average Bonchev–Trinajstić information content (AvgIpc) is 2.55. The van der Waals surface area contributed by atoms with Crippen molar-refractivity contribution in [2.24, 2.45) is 0 Å². The van der Waals surface area contributed by atoms with Crippen LogP contribution in [0.25, 0.3) is 0 Å². The molecule has 0 radical (unpaired) electrons. The van der Waals surface area contributed by atoms with Gasteiger partial charge in [-0.25, -0.2) is 13.5 Å². The number of hydrogen-bond acceptors (Lipinski definition) is 4. The Bertz CT molecular complexity index is 801. The summed E-state index contributed by atoms with van der Waals surface area (Å²) in [5.74, 6) is -0.358. The maximum atomic E-state index is 12.4. The van der Waals surface area contributed by atoms with Crippen molar-refractivity contribution >= 4 is 21.6 Å². The molecule has 6 nitrogen and oxygen atoms in total. The first-order valence-electron chi connectivity index (χ1n) is 6.86. The summed E-state index contributed by atoms with van der Waals surface area (Å²) < 4.78 is 27.3. The third-order valence-electron chi connectivity index (χ3n) is 3.36. The van der Waals surface area contributed by atoms with Gasteiger partial charge >= 0.3 is 0 Å². The molecular weight excluding hydrogens is 316 g/mol. The van der Waals surface area contributed by atoms with E-state index in [1.807, 2.05) is 19.1 Å². The molecule has 23 heavy (non-hydrogen) atoms. The molecule has 0 aromatic heterocycles. The summed E-state index contributed by atoms with van der Waals surface area (Å²) in [6.45, 7) is 1.82. The smallest absolute Gasteiger partial charge is 0.277 e. The van der Waals surface area contributed by atoms with Crippen LogP contribution in [0.4, 0.5) is 5.69 Å². The molecule has 0 aliphatic carbocycles. The molecule has 7 heteroatoms. The Morgan fingerprint density at radius 1 is 1.09 bits per heavy atom. The molecule has 2 aromatic rings. The largest absolute Gasteiger partial charge is 0.279 e. The van der Waals surface area contributed by atoms with E-state index >= 15 is 0 Å². The van der Waals surface area contributed by atoms with Crippen molar-refractivity contribution in [3.8, 4) is 0 Å². The zero-order chi connectivity index (χ0) is 17.0. The lowest BCUT2D eigenvalue weighted by molar-refractivity contribution is -0.0757. The summed E-state index contributed by atoms with van der Waals surface area (Å²) in [4.78, 5) is 16.8. The van der Waals surface area contributed by atoms with E-state index < -0.39 is 10.0 Å². The lowest BCUT2D eigenvalue weighted by Gasteiger charge is -2.14. The Labute approximate surface area is 135 Å². The van der Waals surface area contributed by atoms with Crippen molar-refractivity contribution in [3.05, 3.63) is 59.7 Å². The van der Waals surface area contributed by atoms with E-state index in [0.29, 0.717) is 11.3 Å². The number of benzene rings is 2. The number of aryl methyl sites for hydroxylation is 1. The van der Waals surface area contributed by atoms with Crippen molar-refractivity contribution in [3.63, 3.8) is 0 Å². The number of para-hydroxylation sites is 1. The third-order valence-corrected chi connectivity index (χ3v) is 4.74. The van der Waals surface area contributed by atoms with E-state index in [-0.39, 0.29) is 10.8 Å². The van der Waals surface area contributed by atoms with Crippen LogP contribution >= 0.6 is 0 Å². The molecule has 0 heterocycles. The van der Waals surface area contributed by atoms with E-state index in [9.17, 15) is 13.2 Å². The first kappa shape index (κ1) is 17.0. The molecule has 2 rings (SSSR count).